The molecule has 0 saturated heterocycles. The molecule has 0 unspecified atom stereocenters. The number of imidazole rings is 1. The molecule has 3 aromatic rings. The van der Waals surface area contributed by atoms with Gasteiger partial charge >= 0.3 is 12.2 Å². The predicted octanol–water partition coefficient (Wildman–Crippen LogP) is 5.25. The number of anilines is 1. The summed E-state index contributed by atoms with van der Waals surface area (Å²) in [6.45, 7) is 10.2. The highest BCUT2D eigenvalue weighted by molar-refractivity contribution is 9.10. The molecule has 0 aliphatic rings. The Labute approximate surface area is 188 Å². The van der Waals surface area contributed by atoms with E-state index in [4.69, 9.17) is 9.47 Å². The molecule has 0 N–H and O–H groups in total. The number of benzene rings is 1. The molecule has 31 heavy (non-hydrogen) atoms. The van der Waals surface area contributed by atoms with Crippen molar-refractivity contribution in [3.05, 3.63) is 41.4 Å². The van der Waals surface area contributed by atoms with E-state index in [0.29, 0.717) is 5.65 Å². The van der Waals surface area contributed by atoms with Crippen LogP contribution in [0.3, 0.4) is 0 Å². The van der Waals surface area contributed by atoms with Crippen LogP contribution in [0.15, 0.2) is 41.4 Å². The predicted molar refractivity (Wildman–Crippen MR) is 119 cm³/mol. The van der Waals surface area contributed by atoms with Crippen molar-refractivity contribution in [1.29, 1.82) is 0 Å². The lowest BCUT2D eigenvalue weighted by Gasteiger charge is -2.28. The monoisotopic (exact) mass is 489 g/mol. The molecule has 164 valence electrons. The van der Waals surface area contributed by atoms with Crippen molar-refractivity contribution in [2.45, 2.75) is 52.7 Å². The molecule has 10 heteroatoms. The molecule has 3 rings (SSSR count). The molecule has 0 bridgehead atoms. The van der Waals surface area contributed by atoms with Crippen LogP contribution in [0.2, 0.25) is 0 Å². The molecule has 0 aliphatic heterocycles. The van der Waals surface area contributed by atoms with Crippen LogP contribution in [0.1, 0.15) is 41.5 Å². The molecule has 0 aliphatic carbocycles. The van der Waals surface area contributed by atoms with Gasteiger partial charge in [0.15, 0.2) is 17.0 Å². The molecule has 0 fully saturated rings. The van der Waals surface area contributed by atoms with Crippen molar-refractivity contribution in [3.63, 3.8) is 0 Å². The first kappa shape index (κ1) is 22.7. The topological polar surface area (TPSA) is 99.4 Å². The zero-order valence-electron chi connectivity index (χ0n) is 18.2. The maximum absolute atomic E-state index is 12.9. The Kier molecular flexibility index (Phi) is 6.04. The third-order valence-electron chi connectivity index (χ3n) is 3.78. The first-order chi connectivity index (χ1) is 14.4. The van der Waals surface area contributed by atoms with E-state index in [-0.39, 0.29) is 11.3 Å². The van der Waals surface area contributed by atoms with Gasteiger partial charge in [0.05, 0.1) is 0 Å². The van der Waals surface area contributed by atoms with Crippen LogP contribution in [-0.2, 0) is 9.47 Å². The van der Waals surface area contributed by atoms with Crippen LogP contribution < -0.4 is 4.90 Å². The molecule has 0 saturated carbocycles. The van der Waals surface area contributed by atoms with Gasteiger partial charge in [0.1, 0.15) is 23.9 Å². The number of amides is 2. The fourth-order valence-electron chi connectivity index (χ4n) is 2.64. The highest BCUT2D eigenvalue weighted by Crippen LogP contribution is 2.27. The number of ether oxygens (including phenoxy) is 2. The molecule has 2 heterocycles. The zero-order valence-corrected chi connectivity index (χ0v) is 19.8. The number of rotatable bonds is 2. The molecule has 1 aromatic carbocycles. The molecule has 0 radical (unpaired) electrons. The third-order valence-corrected chi connectivity index (χ3v) is 4.31. The molecule has 0 atom stereocenters. The van der Waals surface area contributed by atoms with Crippen LogP contribution in [-0.4, -0.2) is 42.9 Å². The van der Waals surface area contributed by atoms with Crippen molar-refractivity contribution in [2.75, 3.05) is 4.90 Å². The number of carbonyl (C=O) groups is 2. The van der Waals surface area contributed by atoms with Crippen LogP contribution in [0.5, 0.6) is 0 Å². The third kappa shape index (κ3) is 5.38. The van der Waals surface area contributed by atoms with Crippen LogP contribution >= 0.6 is 15.9 Å². The van der Waals surface area contributed by atoms with Crippen molar-refractivity contribution >= 4 is 45.1 Å². The number of aromatic nitrogens is 4. The normalized spacial score (nSPS) is 12.0. The van der Waals surface area contributed by atoms with Gasteiger partial charge in [-0.1, -0.05) is 15.9 Å². The van der Waals surface area contributed by atoms with Crippen LogP contribution in [0.4, 0.5) is 15.4 Å². The molecular formula is C21H24BrN5O4. The van der Waals surface area contributed by atoms with Gasteiger partial charge in [-0.25, -0.2) is 24.5 Å². The van der Waals surface area contributed by atoms with Gasteiger partial charge in [-0.3, -0.25) is 4.57 Å². The maximum Gasteiger partial charge on any atom is 0.425 e. The standard InChI is InChI=1S/C21H24BrN5O4/c1-20(2,3)30-18(28)27(19(29)31-21(4,5)6)17-15-16(23-11-24-17)26(12-25-15)14-9-7-13(22)8-10-14/h7-12H,1-6H3. The lowest BCUT2D eigenvalue weighted by molar-refractivity contribution is 0.0429. The van der Waals surface area contributed by atoms with Crippen molar-refractivity contribution in [2.24, 2.45) is 0 Å². The summed E-state index contributed by atoms with van der Waals surface area (Å²) in [4.78, 5) is 39.5. The molecule has 2 aromatic heterocycles. The largest absolute Gasteiger partial charge is 0.443 e. The molecule has 9 nitrogen and oxygen atoms in total. The average Bonchev–Trinajstić information content (AvgIpc) is 3.04. The van der Waals surface area contributed by atoms with Gasteiger partial charge < -0.3 is 9.47 Å². The van der Waals surface area contributed by atoms with E-state index in [2.05, 4.69) is 30.9 Å². The Morgan fingerprint density at radius 3 is 1.97 bits per heavy atom. The fraction of sp³-hybridized carbons (Fsp3) is 0.381. The minimum Gasteiger partial charge on any atom is -0.443 e. The minimum absolute atomic E-state index is 0.0237. The fourth-order valence-corrected chi connectivity index (χ4v) is 2.90. The van der Waals surface area contributed by atoms with E-state index in [1.165, 1.54) is 6.33 Å². The summed E-state index contributed by atoms with van der Waals surface area (Å²) in [6.07, 6.45) is 0.977. The van der Waals surface area contributed by atoms with E-state index in [1.54, 1.807) is 52.4 Å². The summed E-state index contributed by atoms with van der Waals surface area (Å²) >= 11 is 3.41. The summed E-state index contributed by atoms with van der Waals surface area (Å²) < 4.78 is 13.5. The highest BCUT2D eigenvalue weighted by atomic mass is 79.9. The van der Waals surface area contributed by atoms with Gasteiger partial charge in [-0.05, 0) is 65.8 Å². The second-order valence-corrected chi connectivity index (χ2v) is 9.67. The quantitative estimate of drug-likeness (QED) is 0.484. The maximum atomic E-state index is 12.9. The Bertz CT molecular complexity index is 1090. The van der Waals surface area contributed by atoms with Gasteiger partial charge in [-0.2, -0.15) is 4.90 Å². The number of hydrogen-bond donors (Lipinski definition) is 0. The van der Waals surface area contributed by atoms with Crippen LogP contribution in [0, 0.1) is 0 Å². The number of imide groups is 1. The van der Waals surface area contributed by atoms with Crippen molar-refractivity contribution < 1.29 is 19.1 Å². The molecule has 0 spiro atoms. The number of nitrogens with zero attached hydrogens (tertiary/aromatic N) is 5. The molecular weight excluding hydrogens is 466 g/mol. The van der Waals surface area contributed by atoms with Gasteiger partial charge in [0, 0.05) is 10.2 Å². The number of carbonyl (C=O) groups excluding carboxylic acids is 2. The second kappa shape index (κ2) is 8.26. The lowest BCUT2D eigenvalue weighted by atomic mass is 10.2. The van der Waals surface area contributed by atoms with Gasteiger partial charge in [-0.15, -0.1) is 0 Å². The average molecular weight is 490 g/mol. The van der Waals surface area contributed by atoms with E-state index < -0.39 is 23.4 Å². The van der Waals surface area contributed by atoms with E-state index in [1.807, 2.05) is 24.3 Å². The summed E-state index contributed by atoms with van der Waals surface area (Å²) in [6, 6.07) is 7.53. The smallest absolute Gasteiger partial charge is 0.425 e. The zero-order chi connectivity index (χ0) is 23.0. The Morgan fingerprint density at radius 1 is 0.903 bits per heavy atom. The summed E-state index contributed by atoms with van der Waals surface area (Å²) in [5, 5.41) is 0. The van der Waals surface area contributed by atoms with Crippen LogP contribution in [0.25, 0.3) is 16.9 Å². The molecule has 2 amide bonds. The van der Waals surface area contributed by atoms with E-state index >= 15 is 0 Å². The first-order valence-electron chi connectivity index (χ1n) is 9.56. The minimum atomic E-state index is -0.917. The number of halogens is 1. The SMILES string of the molecule is CC(C)(C)OC(=O)N(C(=O)OC(C)(C)C)c1ncnc2c1ncn2-c1ccc(Br)cc1. The van der Waals surface area contributed by atoms with Crippen molar-refractivity contribution in [3.8, 4) is 5.69 Å². The van der Waals surface area contributed by atoms with Crippen molar-refractivity contribution in [1.82, 2.24) is 19.5 Å². The lowest BCUT2D eigenvalue weighted by Crippen LogP contribution is -2.44. The summed E-state index contributed by atoms with van der Waals surface area (Å²) in [5.74, 6) is -0.0237. The number of fused-ring (bicyclic) bond motifs is 1. The van der Waals surface area contributed by atoms with E-state index in [0.717, 1.165) is 15.1 Å². The van der Waals surface area contributed by atoms with Gasteiger partial charge in [0.25, 0.3) is 0 Å². The number of hydrogen-bond acceptors (Lipinski definition) is 7. The Hall–Kier alpha value is -3.01. The van der Waals surface area contributed by atoms with Gasteiger partial charge in [0.2, 0.25) is 0 Å². The Morgan fingerprint density at radius 2 is 1.45 bits per heavy atom. The Balaban J connectivity index is 2.12. The summed E-state index contributed by atoms with van der Waals surface area (Å²) in [7, 11) is 0. The summed E-state index contributed by atoms with van der Waals surface area (Å²) in [5.41, 5.74) is -0.191. The first-order valence-corrected chi connectivity index (χ1v) is 10.3. The highest BCUT2D eigenvalue weighted by Gasteiger charge is 2.35. The van der Waals surface area contributed by atoms with E-state index in [9.17, 15) is 9.59 Å². The second-order valence-electron chi connectivity index (χ2n) is 8.76.